The molecule has 0 radical (unpaired) electrons. The highest BCUT2D eigenvalue weighted by molar-refractivity contribution is 6.10. The van der Waals surface area contributed by atoms with Crippen LogP contribution in [0.3, 0.4) is 0 Å². The topological polar surface area (TPSA) is 48.5 Å². The minimum absolute atomic E-state index is 0.215. The van der Waals surface area contributed by atoms with Crippen LogP contribution in [0.4, 0.5) is 0 Å². The minimum atomic E-state index is 0.215. The molecule has 0 aliphatic heterocycles. The van der Waals surface area contributed by atoms with Crippen LogP contribution in [0.15, 0.2) is 170 Å². The number of para-hydroxylation sites is 5. The van der Waals surface area contributed by atoms with Crippen LogP contribution in [-0.2, 0) is 5.41 Å². The first-order chi connectivity index (χ1) is 29.7. The molecule has 288 valence electrons. The van der Waals surface area contributed by atoms with Gasteiger partial charge in [-0.25, -0.2) is 4.98 Å². The first kappa shape index (κ1) is 34.1. The zero-order valence-corrected chi connectivity index (χ0v) is 33.4. The smallest absolute Gasteiger partial charge is 0.238 e. The predicted octanol–water partition coefficient (Wildman–Crippen LogP) is 13.5. The summed E-state index contributed by atoms with van der Waals surface area (Å²) in [6, 6.07) is 61.5. The van der Waals surface area contributed by atoms with Crippen LogP contribution in [0, 0.1) is 17.8 Å². The van der Waals surface area contributed by atoms with Crippen molar-refractivity contribution in [3.63, 3.8) is 0 Å². The first-order valence-corrected chi connectivity index (χ1v) is 21.7. The third-order valence-corrected chi connectivity index (χ3v) is 14.4. The number of hydrogen-bond acceptors (Lipinski definition) is 3. The molecule has 0 unspecified atom stereocenters. The van der Waals surface area contributed by atoms with E-state index in [1.54, 1.807) is 0 Å². The van der Waals surface area contributed by atoms with Gasteiger partial charge in [0.05, 0.1) is 27.8 Å². The Morgan fingerprint density at radius 2 is 0.883 bits per heavy atom. The van der Waals surface area contributed by atoms with Crippen molar-refractivity contribution < 1.29 is 0 Å². The van der Waals surface area contributed by atoms with E-state index in [0.29, 0.717) is 17.6 Å². The summed E-state index contributed by atoms with van der Waals surface area (Å²) < 4.78 is 4.69. The molecule has 4 saturated carbocycles. The lowest BCUT2D eigenvalue weighted by molar-refractivity contribution is -0.00516. The van der Waals surface area contributed by atoms with Crippen LogP contribution in [0.2, 0.25) is 0 Å². The van der Waals surface area contributed by atoms with E-state index in [2.05, 4.69) is 173 Å². The zero-order chi connectivity index (χ0) is 39.4. The quantitative estimate of drug-likeness (QED) is 0.169. The van der Waals surface area contributed by atoms with E-state index in [-0.39, 0.29) is 5.41 Å². The van der Waals surface area contributed by atoms with Crippen molar-refractivity contribution in [2.45, 2.75) is 43.9 Å². The molecule has 7 aromatic carbocycles. The van der Waals surface area contributed by atoms with Crippen molar-refractivity contribution >= 4 is 43.6 Å². The molecule has 0 amide bonds. The fraction of sp³-hybridized carbons (Fsp3) is 0.182. The number of aromatic nitrogens is 5. The highest BCUT2D eigenvalue weighted by atomic mass is 15.2. The van der Waals surface area contributed by atoms with E-state index in [0.717, 1.165) is 45.6 Å². The second kappa shape index (κ2) is 13.1. The molecule has 5 heteroatoms. The third-order valence-electron chi connectivity index (χ3n) is 14.4. The van der Waals surface area contributed by atoms with Crippen LogP contribution in [0.5, 0.6) is 0 Å². The molecular weight excluding hydrogens is 731 g/mol. The second-order valence-corrected chi connectivity index (χ2v) is 17.9. The molecule has 3 heterocycles. The summed E-state index contributed by atoms with van der Waals surface area (Å²) in [5.41, 5.74) is 11.7. The van der Waals surface area contributed by atoms with Gasteiger partial charge in [-0.1, -0.05) is 133 Å². The summed E-state index contributed by atoms with van der Waals surface area (Å²) >= 11 is 0. The van der Waals surface area contributed by atoms with E-state index >= 15 is 0 Å². The molecule has 3 aromatic heterocycles. The van der Waals surface area contributed by atoms with Gasteiger partial charge in [0.25, 0.3) is 0 Å². The van der Waals surface area contributed by atoms with Crippen LogP contribution in [0.25, 0.3) is 89.2 Å². The van der Waals surface area contributed by atoms with Gasteiger partial charge in [0.2, 0.25) is 5.95 Å². The molecule has 0 N–H and O–H groups in total. The van der Waals surface area contributed by atoms with E-state index in [1.807, 2.05) is 6.07 Å². The Labute approximate surface area is 349 Å². The van der Waals surface area contributed by atoms with Gasteiger partial charge in [0.15, 0.2) is 11.6 Å². The molecule has 0 spiro atoms. The Balaban J connectivity index is 1.10. The van der Waals surface area contributed by atoms with Gasteiger partial charge < -0.3 is 4.57 Å². The van der Waals surface area contributed by atoms with E-state index in [9.17, 15) is 0 Å². The molecule has 10 aromatic rings. The van der Waals surface area contributed by atoms with Crippen molar-refractivity contribution in [3.05, 3.63) is 175 Å². The first-order valence-electron chi connectivity index (χ1n) is 21.7. The van der Waals surface area contributed by atoms with Crippen molar-refractivity contribution in [2.75, 3.05) is 0 Å². The molecule has 5 nitrogen and oxygen atoms in total. The maximum absolute atomic E-state index is 5.51. The second-order valence-electron chi connectivity index (χ2n) is 17.9. The Morgan fingerprint density at radius 1 is 0.400 bits per heavy atom. The van der Waals surface area contributed by atoms with Crippen molar-refractivity contribution in [3.8, 4) is 45.5 Å². The lowest BCUT2D eigenvalue weighted by Crippen LogP contribution is -2.48. The van der Waals surface area contributed by atoms with Crippen molar-refractivity contribution in [1.29, 1.82) is 0 Å². The van der Waals surface area contributed by atoms with E-state index in [4.69, 9.17) is 15.0 Å². The summed E-state index contributed by atoms with van der Waals surface area (Å²) in [5.74, 6) is 4.47. The number of nitrogens with zero attached hydrogens (tertiary/aromatic N) is 5. The highest BCUT2D eigenvalue weighted by Crippen LogP contribution is 2.61. The number of benzene rings is 7. The van der Waals surface area contributed by atoms with Crippen LogP contribution in [0.1, 0.15) is 44.1 Å². The fourth-order valence-electron chi connectivity index (χ4n) is 12.3. The average Bonchev–Trinajstić information content (AvgIpc) is 3.82. The monoisotopic (exact) mass is 773 g/mol. The number of rotatable bonds is 6. The summed E-state index contributed by atoms with van der Waals surface area (Å²) in [6.45, 7) is 0. The van der Waals surface area contributed by atoms with E-state index < -0.39 is 0 Å². The lowest BCUT2D eigenvalue weighted by atomic mass is 9.48. The summed E-state index contributed by atoms with van der Waals surface area (Å²) in [4.78, 5) is 16.2. The summed E-state index contributed by atoms with van der Waals surface area (Å²) in [6.07, 6.45) is 8.15. The normalized spacial score (nSPS) is 20.8. The Kier molecular flexibility index (Phi) is 7.42. The summed E-state index contributed by atoms with van der Waals surface area (Å²) in [7, 11) is 0. The maximum atomic E-state index is 5.51. The molecule has 4 bridgehead atoms. The third kappa shape index (κ3) is 5.14. The largest absolute Gasteiger partial charge is 0.309 e. The number of fused-ring (bicyclic) bond motifs is 6. The standard InChI is InChI=1S/C55H43N5/c1-2-14-38(15-3-1)52-56-53(58-54(57-52)60-50-24-12-6-18-42(50)43-19-7-13-25-51(43)60)45-27-26-39(55-32-35-28-36(33-55)30-37(29-35)34-55)31-46(45)44-20-8-11-23-49(44)59-47-21-9-4-16-40(47)41-17-5-10-22-48(41)59/h1-27,31,35-37H,28-30,32-34H2. The molecule has 0 saturated heterocycles. The summed E-state index contributed by atoms with van der Waals surface area (Å²) in [5, 5.41) is 4.87. The Morgan fingerprint density at radius 3 is 1.47 bits per heavy atom. The maximum Gasteiger partial charge on any atom is 0.238 e. The molecule has 4 aliphatic rings. The zero-order valence-electron chi connectivity index (χ0n) is 33.4. The van der Waals surface area contributed by atoms with E-state index in [1.165, 1.54) is 87.8 Å². The van der Waals surface area contributed by atoms with Gasteiger partial charge in [0.1, 0.15) is 0 Å². The highest BCUT2D eigenvalue weighted by Gasteiger charge is 2.51. The van der Waals surface area contributed by atoms with Gasteiger partial charge in [-0.05, 0) is 109 Å². The van der Waals surface area contributed by atoms with Crippen molar-refractivity contribution in [1.82, 2.24) is 24.1 Å². The molecule has 4 aliphatic carbocycles. The molecular formula is C55H43N5. The average molecular weight is 774 g/mol. The predicted molar refractivity (Wildman–Crippen MR) is 245 cm³/mol. The molecule has 60 heavy (non-hydrogen) atoms. The SMILES string of the molecule is c1ccc(-c2nc(-c3ccc(C45CC6CC(CC(C6)C4)C5)cc3-c3ccccc3-n3c4ccccc4c4ccccc43)nc(-n3c4ccccc4c4ccccc43)n2)cc1. The van der Waals surface area contributed by atoms with Gasteiger partial charge >= 0.3 is 0 Å². The molecule has 4 fully saturated rings. The number of hydrogen-bond donors (Lipinski definition) is 0. The fourth-order valence-corrected chi connectivity index (χ4v) is 12.3. The van der Waals surface area contributed by atoms with Crippen molar-refractivity contribution in [2.24, 2.45) is 17.8 Å². The van der Waals surface area contributed by atoms with Gasteiger partial charge in [-0.2, -0.15) is 9.97 Å². The van der Waals surface area contributed by atoms with Gasteiger partial charge in [-0.3, -0.25) is 4.57 Å². The van der Waals surface area contributed by atoms with Gasteiger partial charge in [-0.15, -0.1) is 0 Å². The lowest BCUT2D eigenvalue weighted by Gasteiger charge is -2.57. The van der Waals surface area contributed by atoms with Crippen LogP contribution < -0.4 is 0 Å². The molecule has 0 atom stereocenters. The Hall–Kier alpha value is -6.85. The minimum Gasteiger partial charge on any atom is -0.309 e. The Bertz CT molecular complexity index is 3170. The van der Waals surface area contributed by atoms with Crippen LogP contribution >= 0.6 is 0 Å². The van der Waals surface area contributed by atoms with Gasteiger partial charge in [0, 0.05) is 38.2 Å². The van der Waals surface area contributed by atoms with Crippen LogP contribution in [-0.4, -0.2) is 24.1 Å². The molecule has 14 rings (SSSR count).